The number of halogens is 3. The Morgan fingerprint density at radius 1 is 1.06 bits per heavy atom. The molecule has 0 aromatic heterocycles. The number of alkyl halides is 3. The molecule has 2 aliphatic heterocycles. The van der Waals surface area contributed by atoms with Gasteiger partial charge in [0, 0.05) is 44.3 Å². The maximum atomic E-state index is 12.9. The molecule has 1 N–H and O–H groups in total. The Balaban J connectivity index is 1.33. The second-order valence-electron chi connectivity index (χ2n) is 8.15. The summed E-state index contributed by atoms with van der Waals surface area (Å²) in [5, 5.41) is 3.42. The number of nitrogens with one attached hydrogen (secondary N) is 1. The smallest absolute Gasteiger partial charge is 0.380 e. The van der Waals surface area contributed by atoms with Gasteiger partial charge in [-0.1, -0.05) is 30.3 Å². The number of hydrogen-bond acceptors (Lipinski definition) is 3. The number of carbonyl (C=O) groups is 2. The van der Waals surface area contributed by atoms with E-state index < -0.39 is 17.7 Å². The lowest BCUT2D eigenvalue weighted by Crippen LogP contribution is -2.37. The lowest BCUT2D eigenvalue weighted by Gasteiger charge is -2.22. The largest absolute Gasteiger partial charge is 0.416 e. The van der Waals surface area contributed by atoms with E-state index in [1.807, 2.05) is 30.3 Å². The van der Waals surface area contributed by atoms with Gasteiger partial charge in [0.05, 0.1) is 11.5 Å². The quantitative estimate of drug-likeness (QED) is 0.784. The van der Waals surface area contributed by atoms with E-state index in [9.17, 15) is 22.8 Å². The zero-order valence-corrected chi connectivity index (χ0v) is 16.9. The summed E-state index contributed by atoms with van der Waals surface area (Å²) in [5.74, 6) is -0.708. The van der Waals surface area contributed by atoms with Crippen molar-refractivity contribution in [3.05, 3.63) is 65.7 Å². The van der Waals surface area contributed by atoms with Crippen LogP contribution >= 0.6 is 0 Å². The Kier molecular flexibility index (Phi) is 5.89. The second kappa shape index (κ2) is 8.61. The highest BCUT2D eigenvalue weighted by molar-refractivity contribution is 5.89. The SMILES string of the molecule is O=C1CC(C(=O)N2CCC(Nc3ccccc3)C2)CN1Cc1cccc(C(F)(F)F)c1. The molecule has 2 aliphatic rings. The molecule has 0 aliphatic carbocycles. The molecule has 5 nitrogen and oxygen atoms in total. The Bertz CT molecular complexity index is 949. The molecule has 2 aromatic rings. The molecule has 2 atom stereocenters. The highest BCUT2D eigenvalue weighted by Crippen LogP contribution is 2.30. The third-order valence-electron chi connectivity index (χ3n) is 5.84. The van der Waals surface area contributed by atoms with Crippen LogP contribution in [-0.2, 0) is 22.3 Å². The van der Waals surface area contributed by atoms with E-state index in [2.05, 4.69) is 5.32 Å². The average molecular weight is 431 g/mol. The number of nitrogens with zero attached hydrogens (tertiary/aromatic N) is 2. The fourth-order valence-electron chi connectivity index (χ4n) is 4.26. The van der Waals surface area contributed by atoms with Crippen LogP contribution in [0.5, 0.6) is 0 Å². The number of likely N-dealkylation sites (tertiary alicyclic amines) is 2. The normalized spacial score (nSPS) is 21.6. The van der Waals surface area contributed by atoms with Crippen molar-refractivity contribution in [3.63, 3.8) is 0 Å². The molecule has 2 saturated heterocycles. The summed E-state index contributed by atoms with van der Waals surface area (Å²) in [4.78, 5) is 28.6. The minimum Gasteiger partial charge on any atom is -0.380 e. The van der Waals surface area contributed by atoms with E-state index in [0.29, 0.717) is 18.7 Å². The molecule has 8 heteroatoms. The summed E-state index contributed by atoms with van der Waals surface area (Å²) in [6, 6.07) is 14.9. The summed E-state index contributed by atoms with van der Waals surface area (Å²) in [7, 11) is 0. The second-order valence-corrected chi connectivity index (χ2v) is 8.15. The van der Waals surface area contributed by atoms with Gasteiger partial charge in [0.25, 0.3) is 0 Å². The van der Waals surface area contributed by atoms with Crippen LogP contribution in [0.25, 0.3) is 0 Å². The van der Waals surface area contributed by atoms with E-state index >= 15 is 0 Å². The van der Waals surface area contributed by atoms with Gasteiger partial charge < -0.3 is 15.1 Å². The van der Waals surface area contributed by atoms with Crippen molar-refractivity contribution < 1.29 is 22.8 Å². The van der Waals surface area contributed by atoms with Crippen LogP contribution in [-0.4, -0.2) is 47.3 Å². The number of anilines is 1. The van der Waals surface area contributed by atoms with Crippen LogP contribution in [0.1, 0.15) is 24.0 Å². The predicted molar refractivity (Wildman–Crippen MR) is 110 cm³/mol. The van der Waals surface area contributed by atoms with E-state index in [0.717, 1.165) is 24.2 Å². The molecule has 0 saturated carbocycles. The van der Waals surface area contributed by atoms with Gasteiger partial charge in [-0.05, 0) is 36.2 Å². The predicted octanol–water partition coefficient (Wildman–Crippen LogP) is 3.77. The molecule has 2 heterocycles. The molecule has 31 heavy (non-hydrogen) atoms. The molecule has 0 bridgehead atoms. The Hall–Kier alpha value is -3.03. The first kappa shape index (κ1) is 21.2. The van der Waals surface area contributed by atoms with Gasteiger partial charge in [-0.15, -0.1) is 0 Å². The molecule has 4 rings (SSSR count). The number of rotatable bonds is 5. The Morgan fingerprint density at radius 2 is 1.84 bits per heavy atom. The third kappa shape index (κ3) is 5.00. The van der Waals surface area contributed by atoms with Crippen molar-refractivity contribution in [1.29, 1.82) is 0 Å². The number of para-hydroxylation sites is 1. The minimum absolute atomic E-state index is 0.0581. The summed E-state index contributed by atoms with van der Waals surface area (Å²) in [6.45, 7) is 1.51. The average Bonchev–Trinajstić information content (AvgIpc) is 3.35. The summed E-state index contributed by atoms with van der Waals surface area (Å²) >= 11 is 0. The van der Waals surface area contributed by atoms with Crippen molar-refractivity contribution in [2.75, 3.05) is 25.0 Å². The van der Waals surface area contributed by atoms with E-state index in [4.69, 9.17) is 0 Å². The number of hydrogen-bond donors (Lipinski definition) is 1. The van der Waals surface area contributed by atoms with Gasteiger partial charge in [-0.3, -0.25) is 9.59 Å². The summed E-state index contributed by atoms with van der Waals surface area (Å²) in [5.41, 5.74) is 0.674. The maximum absolute atomic E-state index is 12.9. The van der Waals surface area contributed by atoms with Crippen molar-refractivity contribution in [2.24, 2.45) is 5.92 Å². The minimum atomic E-state index is -4.43. The van der Waals surface area contributed by atoms with Gasteiger partial charge in [0.15, 0.2) is 0 Å². The van der Waals surface area contributed by atoms with E-state index in [1.54, 1.807) is 11.0 Å². The lowest BCUT2D eigenvalue weighted by molar-refractivity contribution is -0.137. The van der Waals surface area contributed by atoms with Crippen molar-refractivity contribution in [2.45, 2.75) is 31.6 Å². The lowest BCUT2D eigenvalue weighted by atomic mass is 10.1. The number of carbonyl (C=O) groups excluding carboxylic acids is 2. The first-order valence-electron chi connectivity index (χ1n) is 10.3. The Labute approximate surface area is 178 Å². The molecule has 2 amide bonds. The molecular weight excluding hydrogens is 407 g/mol. The molecule has 164 valence electrons. The maximum Gasteiger partial charge on any atom is 0.416 e. The molecular formula is C23H24F3N3O2. The van der Waals surface area contributed by atoms with Crippen molar-refractivity contribution in [3.8, 4) is 0 Å². The van der Waals surface area contributed by atoms with Crippen LogP contribution in [0.15, 0.2) is 54.6 Å². The highest BCUT2D eigenvalue weighted by atomic mass is 19.4. The van der Waals surface area contributed by atoms with Crippen LogP contribution in [0.4, 0.5) is 18.9 Å². The zero-order chi connectivity index (χ0) is 22.0. The number of benzene rings is 2. The molecule has 2 aromatic carbocycles. The third-order valence-corrected chi connectivity index (χ3v) is 5.84. The molecule has 2 unspecified atom stereocenters. The standard InChI is InChI=1S/C23H24F3N3O2/c24-23(25,26)18-6-4-5-16(11-18)13-29-14-17(12-21(29)30)22(31)28-10-9-20(15-28)27-19-7-2-1-3-8-19/h1-8,11,17,20,27H,9-10,12-15H2. The van der Waals surface area contributed by atoms with Crippen LogP contribution < -0.4 is 5.32 Å². The first-order chi connectivity index (χ1) is 14.8. The van der Waals surface area contributed by atoms with Crippen LogP contribution in [0, 0.1) is 5.92 Å². The first-order valence-corrected chi connectivity index (χ1v) is 10.3. The van der Waals surface area contributed by atoms with Gasteiger partial charge in [0.1, 0.15) is 0 Å². The van der Waals surface area contributed by atoms with Crippen molar-refractivity contribution in [1.82, 2.24) is 9.80 Å². The topological polar surface area (TPSA) is 52.7 Å². The van der Waals surface area contributed by atoms with Gasteiger partial charge in [-0.25, -0.2) is 0 Å². The van der Waals surface area contributed by atoms with Gasteiger partial charge >= 0.3 is 6.18 Å². The molecule has 0 radical (unpaired) electrons. The monoisotopic (exact) mass is 431 g/mol. The molecule has 0 spiro atoms. The Morgan fingerprint density at radius 3 is 2.58 bits per heavy atom. The fraction of sp³-hybridized carbons (Fsp3) is 0.391. The number of amides is 2. The van der Waals surface area contributed by atoms with Crippen LogP contribution in [0.2, 0.25) is 0 Å². The van der Waals surface area contributed by atoms with Crippen molar-refractivity contribution >= 4 is 17.5 Å². The van der Waals surface area contributed by atoms with E-state index in [-0.39, 0.29) is 37.4 Å². The van der Waals surface area contributed by atoms with Gasteiger partial charge in [0.2, 0.25) is 11.8 Å². The zero-order valence-electron chi connectivity index (χ0n) is 16.9. The fourth-order valence-corrected chi connectivity index (χ4v) is 4.26. The van der Waals surface area contributed by atoms with E-state index in [1.165, 1.54) is 11.0 Å². The summed E-state index contributed by atoms with van der Waals surface area (Å²) in [6.07, 6.45) is -3.50. The van der Waals surface area contributed by atoms with Crippen LogP contribution in [0.3, 0.4) is 0 Å². The molecule has 2 fully saturated rings. The van der Waals surface area contributed by atoms with Gasteiger partial charge in [-0.2, -0.15) is 13.2 Å². The highest BCUT2D eigenvalue weighted by Gasteiger charge is 2.38. The summed E-state index contributed by atoms with van der Waals surface area (Å²) < 4.78 is 38.8.